The quantitative estimate of drug-likeness (QED) is 0.650. The highest BCUT2D eigenvalue weighted by atomic mass is 16.5. The molecule has 0 fully saturated rings. The van der Waals surface area contributed by atoms with Crippen LogP contribution in [0.2, 0.25) is 0 Å². The number of ether oxygens (including phenoxy) is 1. The molecule has 7 heteroatoms. The third kappa shape index (κ3) is 4.96. The molecule has 0 spiro atoms. The van der Waals surface area contributed by atoms with Crippen molar-refractivity contribution in [3.05, 3.63) is 22.2 Å². The van der Waals surface area contributed by atoms with Crippen LogP contribution < -0.4 is 10.9 Å². The molecule has 100 valence electrons. The number of carbonyl (C=O) groups is 1. The van der Waals surface area contributed by atoms with Gasteiger partial charge < -0.3 is 20.1 Å². The summed E-state index contributed by atoms with van der Waals surface area (Å²) in [6.45, 7) is 4.19. The van der Waals surface area contributed by atoms with Gasteiger partial charge in [-0.1, -0.05) is 0 Å². The van der Waals surface area contributed by atoms with Gasteiger partial charge in [-0.3, -0.25) is 9.59 Å². The number of nitrogens with zero attached hydrogens (tertiary/aromatic N) is 1. The highest BCUT2D eigenvalue weighted by Gasteiger charge is 2.13. The van der Waals surface area contributed by atoms with E-state index >= 15 is 0 Å². The lowest BCUT2D eigenvalue weighted by Crippen LogP contribution is -2.27. The smallest absolute Gasteiger partial charge is 0.306 e. The molecule has 0 aliphatic heterocycles. The largest absolute Gasteiger partial charge is 0.481 e. The van der Waals surface area contributed by atoms with E-state index in [-0.39, 0.29) is 18.5 Å². The van der Waals surface area contributed by atoms with Crippen molar-refractivity contribution in [3.63, 3.8) is 0 Å². The zero-order valence-corrected chi connectivity index (χ0v) is 10.4. The molecule has 0 saturated heterocycles. The van der Waals surface area contributed by atoms with Gasteiger partial charge in [0.05, 0.1) is 12.5 Å². The Bertz CT molecular complexity index is 458. The molecule has 18 heavy (non-hydrogen) atoms. The van der Waals surface area contributed by atoms with Crippen molar-refractivity contribution in [1.29, 1.82) is 0 Å². The lowest BCUT2D eigenvalue weighted by atomic mass is 10.2. The van der Waals surface area contributed by atoms with Crippen LogP contribution in [0.1, 0.15) is 19.2 Å². The number of aryl methyl sites for hydroxylation is 1. The second-order valence-electron chi connectivity index (χ2n) is 3.77. The van der Waals surface area contributed by atoms with Gasteiger partial charge in [0.15, 0.2) is 0 Å². The van der Waals surface area contributed by atoms with E-state index < -0.39 is 12.1 Å². The number of aliphatic carboxylic acids is 1. The molecule has 0 aromatic carbocycles. The van der Waals surface area contributed by atoms with Crippen molar-refractivity contribution in [2.75, 3.05) is 18.5 Å². The fraction of sp³-hybridized carbons (Fsp3) is 0.545. The molecule has 1 atom stereocenters. The van der Waals surface area contributed by atoms with E-state index in [4.69, 9.17) is 9.84 Å². The van der Waals surface area contributed by atoms with E-state index in [1.807, 2.05) is 0 Å². The number of aromatic nitrogens is 2. The van der Waals surface area contributed by atoms with E-state index in [0.29, 0.717) is 18.2 Å². The molecule has 0 radical (unpaired) electrons. The maximum Gasteiger partial charge on any atom is 0.306 e. The zero-order chi connectivity index (χ0) is 13.5. The normalized spacial score (nSPS) is 12.1. The van der Waals surface area contributed by atoms with Gasteiger partial charge in [-0.05, 0) is 13.8 Å². The first kappa shape index (κ1) is 14.2. The summed E-state index contributed by atoms with van der Waals surface area (Å²) in [5.41, 5.74) is -0.254. The van der Waals surface area contributed by atoms with E-state index in [1.165, 1.54) is 6.07 Å². The molecule has 1 rings (SSSR count). The highest BCUT2D eigenvalue weighted by molar-refractivity contribution is 5.67. The van der Waals surface area contributed by atoms with Gasteiger partial charge in [0.1, 0.15) is 11.6 Å². The van der Waals surface area contributed by atoms with Crippen LogP contribution in [-0.4, -0.2) is 40.3 Å². The van der Waals surface area contributed by atoms with E-state index in [2.05, 4.69) is 15.3 Å². The lowest BCUT2D eigenvalue weighted by Gasteiger charge is -2.16. The first-order valence-corrected chi connectivity index (χ1v) is 5.66. The zero-order valence-electron chi connectivity index (χ0n) is 10.4. The lowest BCUT2D eigenvalue weighted by molar-refractivity contribution is -0.139. The van der Waals surface area contributed by atoms with Gasteiger partial charge in [0.25, 0.3) is 5.56 Å². The fourth-order valence-corrected chi connectivity index (χ4v) is 1.51. The van der Waals surface area contributed by atoms with Gasteiger partial charge in [0, 0.05) is 19.2 Å². The summed E-state index contributed by atoms with van der Waals surface area (Å²) < 4.78 is 5.28. The molecule has 3 N–H and O–H groups in total. The molecule has 7 nitrogen and oxygen atoms in total. The van der Waals surface area contributed by atoms with Crippen molar-refractivity contribution in [1.82, 2.24) is 9.97 Å². The number of anilines is 1. The highest BCUT2D eigenvalue weighted by Crippen LogP contribution is 2.03. The van der Waals surface area contributed by atoms with Crippen LogP contribution in [0.5, 0.6) is 0 Å². The maximum atomic E-state index is 11.2. The van der Waals surface area contributed by atoms with Crippen LogP contribution in [-0.2, 0) is 9.53 Å². The molecule has 0 aliphatic carbocycles. The Morgan fingerprint density at radius 2 is 2.39 bits per heavy atom. The molecular weight excluding hydrogens is 238 g/mol. The summed E-state index contributed by atoms with van der Waals surface area (Å²) >= 11 is 0. The molecule has 1 heterocycles. The Balaban J connectivity index is 2.60. The predicted octanol–water partition coefficient (Wildman–Crippen LogP) is 0.370. The summed E-state index contributed by atoms with van der Waals surface area (Å²) in [6.07, 6.45) is -0.544. The third-order valence-corrected chi connectivity index (χ3v) is 2.18. The number of nitrogens with one attached hydrogen (secondary N) is 2. The Kier molecular flexibility index (Phi) is 5.31. The van der Waals surface area contributed by atoms with Crippen molar-refractivity contribution in [2.45, 2.75) is 26.4 Å². The summed E-state index contributed by atoms with van der Waals surface area (Å²) in [4.78, 5) is 28.4. The topological polar surface area (TPSA) is 104 Å². The van der Waals surface area contributed by atoms with Gasteiger partial charge in [-0.15, -0.1) is 0 Å². The van der Waals surface area contributed by atoms with Crippen LogP contribution in [0, 0.1) is 6.92 Å². The number of carboxylic acid groups (broad SMARTS) is 1. The van der Waals surface area contributed by atoms with Gasteiger partial charge in [0.2, 0.25) is 0 Å². The maximum absolute atomic E-state index is 11.2. The number of rotatable bonds is 7. The summed E-state index contributed by atoms with van der Waals surface area (Å²) in [7, 11) is 0. The van der Waals surface area contributed by atoms with E-state index in [0.717, 1.165) is 0 Å². The first-order valence-electron chi connectivity index (χ1n) is 5.66. The van der Waals surface area contributed by atoms with Crippen LogP contribution in [0.25, 0.3) is 0 Å². The van der Waals surface area contributed by atoms with Crippen LogP contribution in [0.3, 0.4) is 0 Å². The fourth-order valence-electron chi connectivity index (χ4n) is 1.51. The van der Waals surface area contributed by atoms with Crippen molar-refractivity contribution < 1.29 is 14.6 Å². The SMILES string of the molecule is CCOC(CNc1cc(=O)[nH]c(C)n1)CC(=O)O. The van der Waals surface area contributed by atoms with Crippen molar-refractivity contribution in [2.24, 2.45) is 0 Å². The van der Waals surface area contributed by atoms with Crippen molar-refractivity contribution in [3.8, 4) is 0 Å². The average Bonchev–Trinajstić information content (AvgIpc) is 2.24. The number of hydrogen-bond donors (Lipinski definition) is 3. The van der Waals surface area contributed by atoms with Gasteiger partial charge in [-0.2, -0.15) is 0 Å². The van der Waals surface area contributed by atoms with Crippen LogP contribution >= 0.6 is 0 Å². The van der Waals surface area contributed by atoms with Crippen LogP contribution in [0.15, 0.2) is 10.9 Å². The molecular formula is C11H17N3O4. The molecule has 1 aromatic heterocycles. The third-order valence-electron chi connectivity index (χ3n) is 2.18. The number of H-pyrrole nitrogens is 1. The second-order valence-corrected chi connectivity index (χ2v) is 3.77. The predicted molar refractivity (Wildman–Crippen MR) is 65.8 cm³/mol. The minimum Gasteiger partial charge on any atom is -0.481 e. The Labute approximate surface area is 104 Å². The monoisotopic (exact) mass is 255 g/mol. The summed E-state index contributed by atoms with van der Waals surface area (Å²) in [5.74, 6) is -0.0205. The minimum atomic E-state index is -0.926. The van der Waals surface area contributed by atoms with Gasteiger partial charge >= 0.3 is 5.97 Å². The van der Waals surface area contributed by atoms with E-state index in [1.54, 1.807) is 13.8 Å². The summed E-state index contributed by atoms with van der Waals surface area (Å²) in [6, 6.07) is 1.32. The molecule has 0 saturated carbocycles. The first-order chi connectivity index (χ1) is 8.51. The number of aromatic amines is 1. The Morgan fingerprint density at radius 3 is 2.94 bits per heavy atom. The standard InChI is InChI=1S/C11H17N3O4/c1-3-18-8(4-11(16)17)6-12-9-5-10(15)14-7(2)13-9/h5,8H,3-4,6H2,1-2H3,(H,16,17)(H2,12,13,14,15). The number of carboxylic acids is 1. The van der Waals surface area contributed by atoms with Gasteiger partial charge in [-0.25, -0.2) is 4.98 Å². The molecule has 0 amide bonds. The van der Waals surface area contributed by atoms with Crippen molar-refractivity contribution >= 4 is 11.8 Å². The number of hydrogen-bond acceptors (Lipinski definition) is 5. The molecule has 1 aromatic rings. The minimum absolute atomic E-state index is 0.0942. The van der Waals surface area contributed by atoms with E-state index in [9.17, 15) is 9.59 Å². The average molecular weight is 255 g/mol. The summed E-state index contributed by atoms with van der Waals surface area (Å²) in [5, 5.41) is 11.6. The Hall–Kier alpha value is -1.89. The van der Waals surface area contributed by atoms with Crippen LogP contribution in [0.4, 0.5) is 5.82 Å². The molecule has 0 aliphatic rings. The molecule has 0 bridgehead atoms. The molecule has 1 unspecified atom stereocenters. The second kappa shape index (κ2) is 6.75. The Morgan fingerprint density at radius 1 is 1.67 bits per heavy atom.